The molecule has 0 amide bonds. The summed E-state index contributed by atoms with van der Waals surface area (Å²) in [5, 5.41) is 1.01. The van der Waals surface area contributed by atoms with Gasteiger partial charge in [0, 0.05) is 30.2 Å². The van der Waals surface area contributed by atoms with E-state index in [1.165, 1.54) is 0 Å². The zero-order chi connectivity index (χ0) is 17.1. The molecule has 2 aliphatic rings. The summed E-state index contributed by atoms with van der Waals surface area (Å²) < 4.78 is 2.99. The van der Waals surface area contributed by atoms with Crippen LogP contribution < -0.4 is 14.8 Å². The van der Waals surface area contributed by atoms with E-state index in [1.807, 2.05) is 33.7 Å². The van der Waals surface area contributed by atoms with Crippen molar-refractivity contribution in [3.63, 3.8) is 0 Å². The molecule has 1 aliphatic carbocycles. The molecule has 0 fully saturated rings. The largest absolute Gasteiger partial charge is 0.325 e. The van der Waals surface area contributed by atoms with Crippen molar-refractivity contribution in [2.24, 2.45) is 0 Å². The average Bonchev–Trinajstić information content (AvgIpc) is 2.62. The second-order valence-electron chi connectivity index (χ2n) is 5.06. The summed E-state index contributed by atoms with van der Waals surface area (Å²) in [7, 11) is 0. The van der Waals surface area contributed by atoms with Crippen LogP contribution in [0.15, 0.2) is 87.5 Å². The maximum absolute atomic E-state index is 4.75. The van der Waals surface area contributed by atoms with Crippen LogP contribution in [0.5, 0.6) is 0 Å². The van der Waals surface area contributed by atoms with E-state index >= 15 is 0 Å². The predicted octanol–water partition coefficient (Wildman–Crippen LogP) is 4.55. The Labute approximate surface area is 145 Å². The van der Waals surface area contributed by atoms with Gasteiger partial charge >= 0.3 is 0 Å². The molecule has 3 nitrogen and oxygen atoms in total. The number of hydrogen-bond acceptors (Lipinski definition) is 3. The van der Waals surface area contributed by atoms with Crippen LogP contribution in [0.1, 0.15) is 0 Å². The lowest BCUT2D eigenvalue weighted by atomic mass is 10.2. The Balaban J connectivity index is 2.26. The van der Waals surface area contributed by atoms with Gasteiger partial charge in [-0.15, -0.1) is 11.3 Å². The van der Waals surface area contributed by atoms with E-state index in [1.54, 1.807) is 36.1 Å². The number of benzene rings is 2. The summed E-state index contributed by atoms with van der Waals surface area (Å²) in [6.45, 7) is 15.2. The second-order valence-corrected chi connectivity index (χ2v) is 6.15. The molecule has 0 spiro atoms. The van der Waals surface area contributed by atoms with Crippen LogP contribution in [0.25, 0.3) is 20.8 Å². The van der Waals surface area contributed by atoms with Crippen LogP contribution in [0.4, 0.5) is 5.69 Å². The van der Waals surface area contributed by atoms with E-state index < -0.39 is 0 Å². The minimum atomic E-state index is 0.973. The van der Waals surface area contributed by atoms with Gasteiger partial charge in [-0.2, -0.15) is 4.58 Å². The summed E-state index contributed by atoms with van der Waals surface area (Å²) in [4.78, 5) is 7.74. The summed E-state index contributed by atoms with van der Waals surface area (Å²) >= 11 is 1.70. The van der Waals surface area contributed by atoms with Gasteiger partial charge in [0.15, 0.2) is 12.4 Å². The van der Waals surface area contributed by atoms with Crippen LogP contribution in [0.3, 0.4) is 0 Å². The fraction of sp³-hybridized carbons (Fsp3) is 0. The predicted molar refractivity (Wildman–Crippen MR) is 105 cm³/mol. The fourth-order valence-electron chi connectivity index (χ4n) is 2.49. The van der Waals surface area contributed by atoms with E-state index in [4.69, 9.17) is 4.98 Å². The molecular formula is C20H18N3S+. The van der Waals surface area contributed by atoms with E-state index in [2.05, 4.69) is 38.4 Å². The minimum absolute atomic E-state index is 0.973. The molecule has 0 unspecified atom stereocenters. The zero-order valence-corrected chi connectivity index (χ0v) is 14.2. The van der Waals surface area contributed by atoms with Crippen LogP contribution in [0, 0.1) is 0 Å². The van der Waals surface area contributed by atoms with Crippen LogP contribution in [-0.2, 0) is 0 Å². The molecule has 1 aliphatic heterocycles. The van der Waals surface area contributed by atoms with Crippen molar-refractivity contribution in [1.29, 1.82) is 0 Å². The van der Waals surface area contributed by atoms with Gasteiger partial charge < -0.3 is 4.90 Å². The van der Waals surface area contributed by atoms with Gasteiger partial charge in [-0.25, -0.2) is 4.98 Å². The summed E-state index contributed by atoms with van der Waals surface area (Å²) in [5.74, 6) is 0. The molecule has 0 aromatic heterocycles. The third-order valence-corrected chi connectivity index (χ3v) is 4.82. The average molecular weight is 332 g/mol. The van der Waals surface area contributed by atoms with Gasteiger partial charge in [-0.1, -0.05) is 13.2 Å². The first kappa shape index (κ1) is 15.9. The first-order valence-corrected chi connectivity index (χ1v) is 8.26. The lowest BCUT2D eigenvalue weighted by Gasteiger charge is -2.15. The first-order valence-electron chi connectivity index (χ1n) is 7.44. The molecule has 1 heterocycles. The highest BCUT2D eigenvalue weighted by atomic mass is 32.1. The Morgan fingerprint density at radius 1 is 0.958 bits per heavy atom. The molecule has 0 bridgehead atoms. The van der Waals surface area contributed by atoms with Gasteiger partial charge in [0.25, 0.3) is 0 Å². The standard InChI is InChI=1S/C20H18N3S/c1-5-22(6-2)15-9-11-17-19(13-15)24-20-14-16(23(7-3)8-4)10-12-18(20)21-17/h5-14H,1-4H2/q+1. The Morgan fingerprint density at radius 2 is 1.71 bits per heavy atom. The highest BCUT2D eigenvalue weighted by molar-refractivity contribution is 7.21. The van der Waals surface area contributed by atoms with Gasteiger partial charge in [0.2, 0.25) is 5.36 Å². The van der Waals surface area contributed by atoms with Gasteiger partial charge in [0.1, 0.15) is 0 Å². The van der Waals surface area contributed by atoms with Gasteiger partial charge in [0.05, 0.1) is 20.8 Å². The number of anilines is 1. The molecule has 118 valence electrons. The minimum Gasteiger partial charge on any atom is -0.325 e. The van der Waals surface area contributed by atoms with Crippen molar-refractivity contribution in [3.8, 4) is 10.6 Å². The quantitative estimate of drug-likeness (QED) is 0.504. The number of fused-ring (bicyclic) bond motifs is 2. The maximum Gasteiger partial charge on any atom is 0.212 e. The second kappa shape index (κ2) is 6.64. The topological polar surface area (TPSA) is 19.1 Å². The molecule has 0 saturated carbocycles. The molecule has 0 radical (unpaired) electrons. The van der Waals surface area contributed by atoms with Crippen molar-refractivity contribution < 1.29 is 0 Å². The van der Waals surface area contributed by atoms with E-state index in [9.17, 15) is 0 Å². The molecule has 1 aromatic carbocycles. The maximum atomic E-state index is 4.75. The van der Waals surface area contributed by atoms with Crippen LogP contribution >= 0.6 is 11.3 Å². The number of aromatic nitrogens is 1. The van der Waals surface area contributed by atoms with Gasteiger partial charge in [-0.05, 0) is 37.4 Å². The molecule has 0 N–H and O–H groups in total. The van der Waals surface area contributed by atoms with Crippen LogP contribution in [-0.4, -0.2) is 4.98 Å². The van der Waals surface area contributed by atoms with E-state index in [0.717, 1.165) is 31.8 Å². The zero-order valence-electron chi connectivity index (χ0n) is 13.4. The van der Waals surface area contributed by atoms with Crippen LogP contribution in [0.2, 0.25) is 0 Å². The summed E-state index contributed by atoms with van der Waals surface area (Å²) in [5.41, 5.74) is 2.96. The van der Waals surface area contributed by atoms with Crippen molar-refractivity contribution in [3.05, 3.63) is 92.9 Å². The Kier molecular flexibility index (Phi) is 4.40. The monoisotopic (exact) mass is 332 g/mol. The molecule has 24 heavy (non-hydrogen) atoms. The molecule has 0 saturated heterocycles. The molecular weight excluding hydrogens is 314 g/mol. The Hall–Kier alpha value is -2.98. The molecule has 1 aromatic rings. The van der Waals surface area contributed by atoms with Gasteiger partial charge in [-0.3, -0.25) is 0 Å². The lowest BCUT2D eigenvalue weighted by molar-refractivity contribution is 0.959. The lowest BCUT2D eigenvalue weighted by Crippen LogP contribution is -2.18. The first-order chi connectivity index (χ1) is 11.7. The molecule has 0 atom stereocenters. The van der Waals surface area contributed by atoms with E-state index in [0.29, 0.717) is 0 Å². The highest BCUT2D eigenvalue weighted by Gasteiger charge is 2.10. The van der Waals surface area contributed by atoms with E-state index in [-0.39, 0.29) is 0 Å². The SMILES string of the molecule is C=CN(C=C)c1ccc2nc3ccc(=[N+](C=C)C=C)cc-3sc2c1. The number of rotatable bonds is 5. The Bertz CT molecular complexity index is 979. The van der Waals surface area contributed by atoms with Crippen molar-refractivity contribution in [2.75, 3.05) is 4.90 Å². The highest BCUT2D eigenvalue weighted by Crippen LogP contribution is 2.31. The number of hydrogen-bond donors (Lipinski definition) is 0. The third-order valence-electron chi connectivity index (χ3n) is 3.73. The van der Waals surface area contributed by atoms with Crippen molar-refractivity contribution in [1.82, 2.24) is 9.56 Å². The number of nitrogens with zero attached hydrogens (tertiary/aromatic N) is 3. The smallest absolute Gasteiger partial charge is 0.212 e. The summed E-state index contributed by atoms with van der Waals surface area (Å²) in [6, 6.07) is 12.3. The van der Waals surface area contributed by atoms with Crippen molar-refractivity contribution in [2.45, 2.75) is 0 Å². The fourth-order valence-corrected chi connectivity index (χ4v) is 3.53. The third kappa shape index (κ3) is 2.79. The summed E-state index contributed by atoms with van der Waals surface area (Å²) in [6.07, 6.45) is 6.93. The molecule has 3 rings (SSSR count). The molecule has 4 heteroatoms. The van der Waals surface area contributed by atoms with Crippen molar-refractivity contribution >= 4 is 27.2 Å². The Morgan fingerprint density at radius 3 is 2.38 bits per heavy atom. The normalized spacial score (nSPS) is 10.3.